The van der Waals surface area contributed by atoms with Crippen LogP contribution in [0.5, 0.6) is 0 Å². The van der Waals surface area contributed by atoms with Crippen molar-refractivity contribution in [3.8, 4) is 22.8 Å². The fourth-order valence-corrected chi connectivity index (χ4v) is 6.91. The average molecular weight is 781 g/mol. The van der Waals surface area contributed by atoms with Gasteiger partial charge in [0.15, 0.2) is 5.82 Å². The Bertz CT molecular complexity index is 2510. The number of rotatable bonds is 6. The highest BCUT2D eigenvalue weighted by atomic mass is 35.5. The predicted molar refractivity (Wildman–Crippen MR) is 208 cm³/mol. The largest absolute Gasteiger partial charge is 0.378 e. The van der Waals surface area contributed by atoms with Gasteiger partial charge >= 0.3 is 0 Å². The summed E-state index contributed by atoms with van der Waals surface area (Å²) in [5.41, 5.74) is 4.67. The van der Waals surface area contributed by atoms with Crippen LogP contribution in [0.15, 0.2) is 97.5 Å². The van der Waals surface area contributed by atoms with Gasteiger partial charge < -0.3 is 24.6 Å². The summed E-state index contributed by atoms with van der Waals surface area (Å²) in [6, 6.07) is 20.1. The minimum atomic E-state index is -0.722. The molecular weight excluding hydrogens is 748 g/mol. The number of nitrogens with one attached hydrogen (secondary N) is 1. The van der Waals surface area contributed by atoms with Crippen LogP contribution in [-0.2, 0) is 9.47 Å². The van der Waals surface area contributed by atoms with Crippen molar-refractivity contribution in [3.05, 3.63) is 126 Å². The first kappa shape index (κ1) is 37.0. The summed E-state index contributed by atoms with van der Waals surface area (Å²) in [7, 11) is 0. The lowest BCUT2D eigenvalue weighted by Crippen LogP contribution is -2.38. The lowest BCUT2D eigenvalue weighted by molar-refractivity contribution is 0.122. The minimum Gasteiger partial charge on any atom is -0.378 e. The maximum Gasteiger partial charge on any atom is 0.152 e. The Labute approximate surface area is 323 Å². The molecule has 7 aromatic rings. The highest BCUT2D eigenvalue weighted by molar-refractivity contribution is 6.35. The maximum absolute atomic E-state index is 15.2. The molecule has 2 aliphatic heterocycles. The lowest BCUT2D eigenvalue weighted by Gasteiger charge is -2.32. The van der Waals surface area contributed by atoms with Crippen molar-refractivity contribution < 1.29 is 27.0 Å². The van der Waals surface area contributed by atoms with Gasteiger partial charge in [-0.15, -0.1) is 0 Å². The molecule has 2 aromatic carbocycles. The molecule has 56 heavy (non-hydrogen) atoms. The molecule has 2 saturated heterocycles. The standard InChI is InChI=1S/C27H26F2N6O2.C14H7ClF2N2/c28-18-13-20(29)26-23(14-18)32-22(21-3-1-2-4-30-21)16-24(26)33-25-15-19(34-5-9-36-10-6-34)17-31-27(25)35-7-11-37-12-8-35;15-9-7-12(11-3-1-2-4-18-11)19-13-6-8(16)5-10(17)14(9)13/h1-4,13-17H,5-12H2,(H,32,33);1-7H. The van der Waals surface area contributed by atoms with E-state index in [9.17, 15) is 13.2 Å². The number of ether oxygens (including phenoxy) is 2. The number of aromatic nitrogens is 5. The van der Waals surface area contributed by atoms with Gasteiger partial charge in [-0.25, -0.2) is 32.5 Å². The molecular formula is C41H33ClF4N8O2. The summed E-state index contributed by atoms with van der Waals surface area (Å²) < 4.78 is 67.3. The average Bonchev–Trinajstić information content (AvgIpc) is 3.21. The molecule has 0 radical (unpaired) electrons. The van der Waals surface area contributed by atoms with E-state index in [2.05, 4.69) is 35.1 Å². The Morgan fingerprint density at radius 1 is 0.571 bits per heavy atom. The Balaban J connectivity index is 0.000000194. The number of benzene rings is 2. The highest BCUT2D eigenvalue weighted by Gasteiger charge is 2.22. The van der Waals surface area contributed by atoms with Crippen molar-refractivity contribution in [2.24, 2.45) is 0 Å². The molecule has 1 N–H and O–H groups in total. The highest BCUT2D eigenvalue weighted by Crippen LogP contribution is 2.37. The fraction of sp³-hybridized carbons (Fsp3) is 0.195. The molecule has 7 heterocycles. The molecule has 0 saturated carbocycles. The van der Waals surface area contributed by atoms with E-state index in [1.807, 2.05) is 24.4 Å². The number of hydrogen-bond acceptors (Lipinski definition) is 10. The molecule has 10 nitrogen and oxygen atoms in total. The second kappa shape index (κ2) is 16.4. The first-order valence-corrected chi connectivity index (χ1v) is 18.2. The normalized spacial score (nSPS) is 14.4. The van der Waals surface area contributed by atoms with Crippen molar-refractivity contribution in [1.82, 2.24) is 24.9 Å². The van der Waals surface area contributed by atoms with Crippen molar-refractivity contribution in [3.63, 3.8) is 0 Å². The smallest absolute Gasteiger partial charge is 0.152 e. The first-order chi connectivity index (χ1) is 27.3. The molecule has 284 valence electrons. The van der Waals surface area contributed by atoms with E-state index in [1.54, 1.807) is 42.7 Å². The van der Waals surface area contributed by atoms with Gasteiger partial charge in [-0.2, -0.15) is 0 Å². The molecule has 0 aliphatic carbocycles. The second-order valence-corrected chi connectivity index (χ2v) is 13.3. The summed E-state index contributed by atoms with van der Waals surface area (Å²) in [6.07, 6.45) is 5.13. The van der Waals surface area contributed by atoms with E-state index in [4.69, 9.17) is 26.1 Å². The van der Waals surface area contributed by atoms with Crippen LogP contribution in [0.4, 0.5) is 40.4 Å². The van der Waals surface area contributed by atoms with Crippen LogP contribution in [-0.4, -0.2) is 77.5 Å². The van der Waals surface area contributed by atoms with Gasteiger partial charge in [0, 0.05) is 62.8 Å². The third kappa shape index (κ3) is 8.03. The summed E-state index contributed by atoms with van der Waals surface area (Å²) in [6.45, 7) is 5.38. The van der Waals surface area contributed by atoms with Gasteiger partial charge in [0.2, 0.25) is 0 Å². The van der Waals surface area contributed by atoms with Crippen molar-refractivity contribution in [1.29, 1.82) is 0 Å². The van der Waals surface area contributed by atoms with Gasteiger partial charge in [0.05, 0.1) is 99.3 Å². The van der Waals surface area contributed by atoms with E-state index in [1.165, 1.54) is 12.1 Å². The van der Waals surface area contributed by atoms with Gasteiger partial charge in [0.1, 0.15) is 23.3 Å². The van der Waals surface area contributed by atoms with E-state index in [0.29, 0.717) is 73.7 Å². The minimum absolute atomic E-state index is 0.114. The number of anilines is 4. The quantitative estimate of drug-likeness (QED) is 0.165. The molecule has 2 fully saturated rings. The third-order valence-electron chi connectivity index (χ3n) is 9.27. The zero-order chi connectivity index (χ0) is 38.6. The first-order valence-electron chi connectivity index (χ1n) is 17.8. The van der Waals surface area contributed by atoms with Crippen molar-refractivity contribution >= 4 is 56.3 Å². The number of pyridine rings is 5. The molecule has 0 spiro atoms. The van der Waals surface area contributed by atoms with Crippen LogP contribution >= 0.6 is 11.6 Å². The molecule has 15 heteroatoms. The van der Waals surface area contributed by atoms with E-state index >= 15 is 4.39 Å². The molecule has 0 bridgehead atoms. The Hall–Kier alpha value is -5.96. The number of fused-ring (bicyclic) bond motifs is 2. The van der Waals surface area contributed by atoms with Crippen LogP contribution in [0.3, 0.4) is 0 Å². The van der Waals surface area contributed by atoms with Crippen LogP contribution in [0.2, 0.25) is 5.02 Å². The number of halogens is 5. The molecule has 2 aliphatic rings. The summed E-state index contributed by atoms with van der Waals surface area (Å²) in [5.74, 6) is -2.05. The SMILES string of the molecule is Fc1cc(F)c2c(Cl)cc(-c3ccccn3)nc2c1.Fc1cc(F)c2c(Nc3cc(N4CCOCC4)cnc3N3CCOCC3)cc(-c3ccccn3)nc2c1. The summed E-state index contributed by atoms with van der Waals surface area (Å²) in [4.78, 5) is 26.4. The van der Waals surface area contributed by atoms with Crippen LogP contribution in [0.25, 0.3) is 44.6 Å². The van der Waals surface area contributed by atoms with Crippen LogP contribution in [0, 0.1) is 23.3 Å². The Morgan fingerprint density at radius 3 is 1.71 bits per heavy atom. The maximum atomic E-state index is 15.2. The summed E-state index contributed by atoms with van der Waals surface area (Å²) in [5, 5.41) is 3.93. The van der Waals surface area contributed by atoms with E-state index in [0.717, 1.165) is 42.8 Å². The molecule has 9 rings (SSSR count). The monoisotopic (exact) mass is 780 g/mol. The molecule has 0 amide bonds. The molecule has 0 unspecified atom stereocenters. The Kier molecular flexibility index (Phi) is 10.8. The fourth-order valence-electron chi connectivity index (χ4n) is 6.62. The van der Waals surface area contributed by atoms with Crippen molar-refractivity contribution in [2.45, 2.75) is 0 Å². The van der Waals surface area contributed by atoms with Gasteiger partial charge in [-0.1, -0.05) is 23.7 Å². The number of morpholine rings is 2. The van der Waals surface area contributed by atoms with Crippen LogP contribution < -0.4 is 15.1 Å². The number of nitrogens with zero attached hydrogens (tertiary/aromatic N) is 7. The molecule has 5 aromatic heterocycles. The van der Waals surface area contributed by atoms with Gasteiger partial charge in [-0.3, -0.25) is 9.97 Å². The zero-order valence-electron chi connectivity index (χ0n) is 29.7. The van der Waals surface area contributed by atoms with Crippen LogP contribution in [0.1, 0.15) is 0 Å². The zero-order valence-corrected chi connectivity index (χ0v) is 30.5. The predicted octanol–water partition coefficient (Wildman–Crippen LogP) is 8.62. The van der Waals surface area contributed by atoms with E-state index < -0.39 is 23.3 Å². The van der Waals surface area contributed by atoms with E-state index in [-0.39, 0.29) is 26.8 Å². The summed E-state index contributed by atoms with van der Waals surface area (Å²) >= 11 is 6.04. The third-order valence-corrected chi connectivity index (χ3v) is 9.56. The van der Waals surface area contributed by atoms with Gasteiger partial charge in [0.25, 0.3) is 0 Å². The Morgan fingerprint density at radius 2 is 1.12 bits per heavy atom. The van der Waals surface area contributed by atoms with Gasteiger partial charge in [-0.05, 0) is 42.5 Å². The molecule has 0 atom stereocenters. The topological polar surface area (TPSA) is 101 Å². The second-order valence-electron chi connectivity index (χ2n) is 12.9. The van der Waals surface area contributed by atoms with Crippen molar-refractivity contribution in [2.75, 3.05) is 67.7 Å². The number of hydrogen-bond donors (Lipinski definition) is 1. The lowest BCUT2D eigenvalue weighted by atomic mass is 10.1.